The van der Waals surface area contributed by atoms with Crippen LogP contribution < -0.4 is 25.6 Å². The Morgan fingerprint density at radius 2 is 1.92 bits per heavy atom. The first-order valence-electron chi connectivity index (χ1n) is 11.9. The number of methoxy groups -OCH3 is 1. The molecular weight excluding hydrogens is 487 g/mol. The number of carbonyl (C=O) groups is 1. The van der Waals surface area contributed by atoms with Crippen molar-refractivity contribution in [1.82, 2.24) is 14.9 Å². The predicted octanol–water partition coefficient (Wildman–Crippen LogP) is 4.33. The van der Waals surface area contributed by atoms with Gasteiger partial charge in [-0.05, 0) is 51.4 Å². The Labute approximate surface area is 214 Å². The van der Waals surface area contributed by atoms with E-state index in [9.17, 15) is 18.0 Å². The van der Waals surface area contributed by atoms with Crippen LogP contribution in [-0.4, -0.2) is 67.7 Å². The lowest BCUT2D eigenvalue weighted by Gasteiger charge is -2.61. The fourth-order valence-electron chi connectivity index (χ4n) is 4.65. The molecule has 1 aromatic heterocycles. The van der Waals surface area contributed by atoms with E-state index in [-0.39, 0.29) is 22.9 Å². The minimum absolute atomic E-state index is 0.111. The summed E-state index contributed by atoms with van der Waals surface area (Å²) in [7, 11) is 7.16. The quantitative estimate of drug-likeness (QED) is 0.378. The Morgan fingerprint density at radius 1 is 1.22 bits per heavy atom. The lowest BCUT2D eigenvalue weighted by molar-refractivity contribution is -0.137. The molecule has 3 aliphatic carbocycles. The summed E-state index contributed by atoms with van der Waals surface area (Å²) in [6.45, 7) is 4.85. The van der Waals surface area contributed by atoms with Crippen molar-refractivity contribution >= 4 is 34.7 Å². The molecular formula is C25H32F3N7O2. The molecule has 3 fully saturated rings. The summed E-state index contributed by atoms with van der Waals surface area (Å²) in [5.41, 5.74) is 0.0858. The SMILES string of the molecule is C=CC(=O)Nc1cc(Nc2nc(NC34CC(C3)C4)ncc2C(F)(F)F)c(OC)cc1N(C)CCN(C)C. The fourth-order valence-corrected chi connectivity index (χ4v) is 4.65. The molecule has 1 heterocycles. The van der Waals surface area contributed by atoms with E-state index < -0.39 is 23.5 Å². The Hall–Kier alpha value is -3.54. The first-order valence-corrected chi connectivity index (χ1v) is 11.9. The van der Waals surface area contributed by atoms with Gasteiger partial charge in [0.1, 0.15) is 17.1 Å². The number of nitrogens with zero attached hydrogens (tertiary/aromatic N) is 4. The van der Waals surface area contributed by atoms with Crippen LogP contribution in [0.15, 0.2) is 31.0 Å². The second-order valence-electron chi connectivity index (χ2n) is 9.95. The molecule has 2 bridgehead atoms. The summed E-state index contributed by atoms with van der Waals surface area (Å²) in [4.78, 5) is 24.2. The Balaban J connectivity index is 1.71. The highest BCUT2D eigenvalue weighted by Crippen LogP contribution is 2.58. The number of hydrogen-bond donors (Lipinski definition) is 3. The molecule has 0 radical (unpaired) electrons. The summed E-state index contributed by atoms with van der Waals surface area (Å²) in [5, 5.41) is 8.73. The summed E-state index contributed by atoms with van der Waals surface area (Å²) in [6, 6.07) is 3.18. The molecule has 3 saturated carbocycles. The van der Waals surface area contributed by atoms with Gasteiger partial charge in [-0.3, -0.25) is 4.79 Å². The largest absolute Gasteiger partial charge is 0.494 e. The predicted molar refractivity (Wildman–Crippen MR) is 138 cm³/mol. The van der Waals surface area contributed by atoms with Gasteiger partial charge in [-0.2, -0.15) is 18.2 Å². The van der Waals surface area contributed by atoms with E-state index in [1.165, 1.54) is 13.2 Å². The van der Waals surface area contributed by atoms with Gasteiger partial charge in [0.15, 0.2) is 0 Å². The molecule has 2 aromatic rings. The van der Waals surface area contributed by atoms with Crippen molar-refractivity contribution in [2.45, 2.75) is 31.0 Å². The second-order valence-corrected chi connectivity index (χ2v) is 9.95. The number of amides is 1. The van der Waals surface area contributed by atoms with Crippen molar-refractivity contribution in [2.75, 3.05) is 62.2 Å². The van der Waals surface area contributed by atoms with Crippen LogP contribution in [0.4, 0.5) is 42.0 Å². The maximum Gasteiger partial charge on any atom is 0.421 e. The minimum atomic E-state index is -4.68. The van der Waals surface area contributed by atoms with Gasteiger partial charge < -0.3 is 30.5 Å². The lowest BCUT2D eigenvalue weighted by Crippen LogP contribution is -2.63. The summed E-state index contributed by atoms with van der Waals surface area (Å²) in [6.07, 6.45) is 0.140. The fraction of sp³-hybridized carbons (Fsp3) is 0.480. The summed E-state index contributed by atoms with van der Waals surface area (Å²) >= 11 is 0. The molecule has 1 amide bonds. The average Bonchev–Trinajstić information content (AvgIpc) is 2.78. The number of benzene rings is 1. The van der Waals surface area contributed by atoms with Crippen molar-refractivity contribution in [1.29, 1.82) is 0 Å². The smallest absolute Gasteiger partial charge is 0.421 e. The van der Waals surface area contributed by atoms with Crippen LogP contribution in [0.3, 0.4) is 0 Å². The molecule has 0 aliphatic heterocycles. The van der Waals surface area contributed by atoms with Crippen LogP contribution in [0.5, 0.6) is 5.75 Å². The minimum Gasteiger partial charge on any atom is -0.494 e. The van der Waals surface area contributed by atoms with Gasteiger partial charge in [0.25, 0.3) is 0 Å². The molecule has 0 saturated heterocycles. The third kappa shape index (κ3) is 5.74. The number of likely N-dealkylation sites (N-methyl/N-ethyl adjacent to an activating group) is 2. The topological polar surface area (TPSA) is 94.6 Å². The van der Waals surface area contributed by atoms with Crippen molar-refractivity contribution in [3.05, 3.63) is 36.5 Å². The monoisotopic (exact) mass is 519 g/mol. The number of alkyl halides is 3. The molecule has 0 unspecified atom stereocenters. The average molecular weight is 520 g/mol. The number of ether oxygens (including phenoxy) is 1. The van der Waals surface area contributed by atoms with Gasteiger partial charge in [0.2, 0.25) is 11.9 Å². The molecule has 5 rings (SSSR count). The van der Waals surface area contributed by atoms with Crippen molar-refractivity contribution in [2.24, 2.45) is 5.92 Å². The maximum absolute atomic E-state index is 13.9. The van der Waals surface area contributed by atoms with Gasteiger partial charge in [0, 0.05) is 37.9 Å². The Morgan fingerprint density at radius 3 is 2.46 bits per heavy atom. The van der Waals surface area contributed by atoms with Crippen LogP contribution >= 0.6 is 0 Å². The van der Waals surface area contributed by atoms with E-state index in [2.05, 4.69) is 32.5 Å². The van der Waals surface area contributed by atoms with Gasteiger partial charge >= 0.3 is 6.18 Å². The van der Waals surface area contributed by atoms with Crippen molar-refractivity contribution in [3.63, 3.8) is 0 Å². The zero-order valence-corrected chi connectivity index (χ0v) is 21.4. The standard InChI is InChI=1S/C25H32F3N7O2/c1-6-21(36)30-17-9-18(20(37-5)10-19(17)35(4)8-7-34(2)3)31-22-16(25(26,27)28)14-29-23(32-22)33-24-11-15(12-24)13-24/h6,9-10,14-15H,1,7-8,11-13H2,2-5H3,(H,30,36)(H2,29,31,32,33). The molecule has 3 N–H and O–H groups in total. The van der Waals surface area contributed by atoms with Gasteiger partial charge in [-0.25, -0.2) is 4.98 Å². The number of nitrogens with one attached hydrogen (secondary N) is 3. The molecule has 0 atom stereocenters. The van der Waals surface area contributed by atoms with E-state index in [0.717, 1.165) is 38.1 Å². The summed E-state index contributed by atoms with van der Waals surface area (Å²) in [5.74, 6) is 0.227. The Bertz CT molecular complexity index is 1170. The molecule has 1 aromatic carbocycles. The van der Waals surface area contributed by atoms with Crippen LogP contribution in [0.2, 0.25) is 0 Å². The third-order valence-electron chi connectivity index (χ3n) is 6.82. The zero-order chi connectivity index (χ0) is 27.0. The first kappa shape index (κ1) is 26.5. The van der Waals surface area contributed by atoms with Crippen molar-refractivity contribution in [3.8, 4) is 5.75 Å². The highest BCUT2D eigenvalue weighted by atomic mass is 19.4. The van der Waals surface area contributed by atoms with E-state index in [0.29, 0.717) is 23.8 Å². The molecule has 37 heavy (non-hydrogen) atoms. The highest BCUT2D eigenvalue weighted by Gasteiger charge is 2.57. The zero-order valence-electron chi connectivity index (χ0n) is 21.4. The lowest BCUT2D eigenvalue weighted by atomic mass is 9.50. The molecule has 0 spiro atoms. The number of carbonyl (C=O) groups excluding carboxylic acids is 1. The number of hydrogen-bond acceptors (Lipinski definition) is 8. The Kier molecular flexibility index (Phi) is 7.22. The van der Waals surface area contributed by atoms with Crippen LogP contribution in [0.1, 0.15) is 24.8 Å². The van der Waals surface area contributed by atoms with Crippen LogP contribution in [0.25, 0.3) is 0 Å². The first-order chi connectivity index (χ1) is 17.4. The van der Waals surface area contributed by atoms with E-state index in [1.54, 1.807) is 6.07 Å². The van der Waals surface area contributed by atoms with E-state index in [1.807, 2.05) is 30.9 Å². The van der Waals surface area contributed by atoms with Crippen LogP contribution in [0, 0.1) is 5.92 Å². The normalized spacial score (nSPS) is 19.9. The molecule has 3 aliphatic rings. The molecule has 9 nitrogen and oxygen atoms in total. The highest BCUT2D eigenvalue weighted by molar-refractivity contribution is 6.02. The number of rotatable bonds is 11. The van der Waals surface area contributed by atoms with Crippen molar-refractivity contribution < 1.29 is 22.7 Å². The van der Waals surface area contributed by atoms with Gasteiger partial charge in [0.05, 0.1) is 24.2 Å². The second kappa shape index (κ2) is 10.1. The molecule has 12 heteroatoms. The maximum atomic E-state index is 13.9. The number of anilines is 5. The number of aromatic nitrogens is 2. The van der Waals surface area contributed by atoms with Crippen LogP contribution in [-0.2, 0) is 11.0 Å². The molecule has 200 valence electrons. The van der Waals surface area contributed by atoms with E-state index >= 15 is 0 Å². The van der Waals surface area contributed by atoms with Gasteiger partial charge in [-0.1, -0.05) is 6.58 Å². The van der Waals surface area contributed by atoms with E-state index in [4.69, 9.17) is 4.74 Å². The summed E-state index contributed by atoms with van der Waals surface area (Å²) < 4.78 is 47.1. The third-order valence-corrected chi connectivity index (χ3v) is 6.82. The van der Waals surface area contributed by atoms with Gasteiger partial charge in [-0.15, -0.1) is 0 Å². The number of halogens is 3.